The van der Waals surface area contributed by atoms with Gasteiger partial charge in [0, 0.05) is 24.0 Å². The highest BCUT2D eigenvalue weighted by molar-refractivity contribution is 5.76. The molecule has 5 rings (SSSR count). The van der Waals surface area contributed by atoms with Crippen molar-refractivity contribution in [3.63, 3.8) is 0 Å². The van der Waals surface area contributed by atoms with E-state index in [2.05, 4.69) is 0 Å². The maximum Gasteiger partial charge on any atom is 0.311 e. The van der Waals surface area contributed by atoms with Crippen LogP contribution in [0.4, 0.5) is 0 Å². The van der Waals surface area contributed by atoms with Gasteiger partial charge in [-0.3, -0.25) is 9.59 Å². The summed E-state index contributed by atoms with van der Waals surface area (Å²) < 4.78 is 16.8. The van der Waals surface area contributed by atoms with E-state index in [1.54, 1.807) is 43.5 Å². The molecule has 3 aromatic rings. The Kier molecular flexibility index (Phi) is 6.94. The van der Waals surface area contributed by atoms with Crippen molar-refractivity contribution in [1.29, 1.82) is 0 Å². The molecule has 3 aromatic carbocycles. The molecule has 1 saturated carbocycles. The van der Waals surface area contributed by atoms with Gasteiger partial charge in [-0.15, -0.1) is 0 Å². The minimum Gasteiger partial charge on any atom is -0.508 e. The van der Waals surface area contributed by atoms with Gasteiger partial charge in [0.15, 0.2) is 0 Å². The molecule has 0 amide bonds. The van der Waals surface area contributed by atoms with E-state index in [0.29, 0.717) is 36.2 Å². The van der Waals surface area contributed by atoms with Crippen molar-refractivity contribution in [1.82, 2.24) is 0 Å². The van der Waals surface area contributed by atoms with Gasteiger partial charge < -0.3 is 19.3 Å². The van der Waals surface area contributed by atoms with E-state index < -0.39 is 0 Å². The van der Waals surface area contributed by atoms with Gasteiger partial charge in [-0.2, -0.15) is 0 Å². The van der Waals surface area contributed by atoms with Gasteiger partial charge in [-0.25, -0.2) is 0 Å². The van der Waals surface area contributed by atoms with Crippen molar-refractivity contribution in [2.45, 2.75) is 56.8 Å². The Hall–Kier alpha value is -3.80. The molecule has 0 saturated heterocycles. The average molecular weight is 487 g/mol. The summed E-state index contributed by atoms with van der Waals surface area (Å²) in [6.07, 6.45) is 4.79. The first-order valence-electron chi connectivity index (χ1n) is 12.5. The third-order valence-electron chi connectivity index (χ3n) is 7.23. The van der Waals surface area contributed by atoms with Crippen LogP contribution in [-0.2, 0) is 22.4 Å². The molecule has 0 aromatic heterocycles. The highest BCUT2D eigenvalue weighted by Gasteiger charge is 2.42. The first-order valence-corrected chi connectivity index (χ1v) is 12.5. The first kappa shape index (κ1) is 23.9. The predicted octanol–water partition coefficient (Wildman–Crippen LogP) is 5.84. The molecule has 0 heterocycles. The molecule has 2 aliphatic carbocycles. The van der Waals surface area contributed by atoms with Crippen molar-refractivity contribution in [3.05, 3.63) is 82.9 Å². The third kappa shape index (κ3) is 5.23. The normalized spacial score (nSPS) is 17.5. The fraction of sp³-hybridized carbons (Fsp3) is 0.333. The third-order valence-corrected chi connectivity index (χ3v) is 7.23. The Morgan fingerprint density at radius 2 is 1.22 bits per heavy atom. The molecular formula is C30H30O6. The standard InChI is InChI=1S/C30H30O6/c1-34-24-12-4-20(5-13-24)7-17-28(33)36-26-15-14-25(29-21-8-9-22(18-21)30(26)29)35-27(32)16-6-19-2-10-23(31)11-3-19/h2-5,10-15,21-22,31H,6-9,16-18H2,1H3. The maximum atomic E-state index is 12.7. The molecule has 2 aliphatic rings. The first-order chi connectivity index (χ1) is 17.5. The summed E-state index contributed by atoms with van der Waals surface area (Å²) in [6, 6.07) is 18.0. The lowest BCUT2D eigenvalue weighted by Crippen LogP contribution is -2.14. The molecule has 0 radical (unpaired) electrons. The number of phenols is 1. The Bertz CT molecular complexity index is 1250. The summed E-state index contributed by atoms with van der Waals surface area (Å²) in [4.78, 5) is 25.3. The second-order valence-corrected chi connectivity index (χ2v) is 9.56. The number of rotatable bonds is 9. The van der Waals surface area contributed by atoms with Gasteiger partial charge in [0.2, 0.25) is 0 Å². The smallest absolute Gasteiger partial charge is 0.311 e. The lowest BCUT2D eigenvalue weighted by atomic mass is 9.90. The minimum absolute atomic E-state index is 0.202. The number of methoxy groups -OCH3 is 1. The van der Waals surface area contributed by atoms with E-state index in [0.717, 1.165) is 47.3 Å². The number of fused-ring (bicyclic) bond motifs is 5. The zero-order valence-corrected chi connectivity index (χ0v) is 20.4. The molecule has 186 valence electrons. The lowest BCUT2D eigenvalue weighted by Gasteiger charge is -2.21. The number of hydrogen-bond donors (Lipinski definition) is 1. The van der Waals surface area contributed by atoms with E-state index in [1.165, 1.54) is 0 Å². The van der Waals surface area contributed by atoms with Gasteiger partial charge in [-0.1, -0.05) is 24.3 Å². The number of ether oxygens (including phenoxy) is 3. The van der Waals surface area contributed by atoms with Crippen molar-refractivity contribution in [2.75, 3.05) is 7.11 Å². The van der Waals surface area contributed by atoms with Gasteiger partial charge in [-0.05, 0) is 91.5 Å². The van der Waals surface area contributed by atoms with E-state index in [-0.39, 0.29) is 30.5 Å². The van der Waals surface area contributed by atoms with Gasteiger partial charge in [0.1, 0.15) is 23.0 Å². The fourth-order valence-corrected chi connectivity index (χ4v) is 5.42. The Morgan fingerprint density at radius 3 is 1.69 bits per heavy atom. The molecule has 36 heavy (non-hydrogen) atoms. The van der Waals surface area contributed by atoms with Crippen LogP contribution in [0, 0.1) is 0 Å². The number of aromatic hydroxyl groups is 1. The van der Waals surface area contributed by atoms with Crippen LogP contribution in [0.1, 0.15) is 66.2 Å². The van der Waals surface area contributed by atoms with E-state index in [9.17, 15) is 14.7 Å². The van der Waals surface area contributed by atoms with Crippen LogP contribution < -0.4 is 14.2 Å². The molecule has 1 fully saturated rings. The number of phenolic OH excluding ortho intramolecular Hbond substituents is 1. The molecule has 2 unspecified atom stereocenters. The topological polar surface area (TPSA) is 82.1 Å². The number of carbonyl (C=O) groups excluding carboxylic acids is 2. The number of hydrogen-bond acceptors (Lipinski definition) is 6. The Balaban J connectivity index is 1.24. The SMILES string of the molecule is COc1ccc(CCC(=O)Oc2ccc(OC(=O)CCc3ccc(O)cc3)c3c2C2CCC3C2)cc1. The van der Waals surface area contributed by atoms with Gasteiger partial charge in [0.05, 0.1) is 7.11 Å². The Labute approximate surface area is 210 Å². The molecule has 2 bridgehead atoms. The largest absolute Gasteiger partial charge is 0.508 e. The van der Waals surface area contributed by atoms with Crippen molar-refractivity contribution in [3.8, 4) is 23.0 Å². The molecular weight excluding hydrogens is 456 g/mol. The van der Waals surface area contributed by atoms with Crippen LogP contribution in [-0.4, -0.2) is 24.2 Å². The monoisotopic (exact) mass is 486 g/mol. The van der Waals surface area contributed by atoms with Crippen LogP contribution in [0.2, 0.25) is 0 Å². The number of aryl methyl sites for hydroxylation is 2. The quantitative estimate of drug-likeness (QED) is 0.302. The van der Waals surface area contributed by atoms with Crippen LogP contribution in [0.3, 0.4) is 0 Å². The summed E-state index contributed by atoms with van der Waals surface area (Å²) in [5.74, 6) is 2.29. The van der Waals surface area contributed by atoms with E-state index in [4.69, 9.17) is 14.2 Å². The van der Waals surface area contributed by atoms with Crippen molar-refractivity contribution >= 4 is 11.9 Å². The molecule has 1 N–H and O–H groups in total. The average Bonchev–Trinajstić information content (AvgIpc) is 3.52. The molecule has 0 spiro atoms. The summed E-state index contributed by atoms with van der Waals surface area (Å²) in [6.45, 7) is 0. The predicted molar refractivity (Wildman–Crippen MR) is 135 cm³/mol. The zero-order chi connectivity index (χ0) is 25.1. The van der Waals surface area contributed by atoms with E-state index >= 15 is 0 Å². The summed E-state index contributed by atoms with van der Waals surface area (Å²) in [5, 5.41) is 9.42. The number of esters is 2. The van der Waals surface area contributed by atoms with Gasteiger partial charge >= 0.3 is 11.9 Å². The van der Waals surface area contributed by atoms with Crippen LogP contribution in [0.15, 0.2) is 60.7 Å². The van der Waals surface area contributed by atoms with Crippen LogP contribution in [0.5, 0.6) is 23.0 Å². The van der Waals surface area contributed by atoms with Crippen LogP contribution >= 0.6 is 0 Å². The van der Waals surface area contributed by atoms with Crippen LogP contribution in [0.25, 0.3) is 0 Å². The zero-order valence-electron chi connectivity index (χ0n) is 20.4. The minimum atomic E-state index is -0.294. The highest BCUT2D eigenvalue weighted by Crippen LogP contribution is 2.58. The Morgan fingerprint density at radius 1 is 0.750 bits per heavy atom. The molecule has 6 heteroatoms. The fourth-order valence-electron chi connectivity index (χ4n) is 5.42. The second-order valence-electron chi connectivity index (χ2n) is 9.56. The summed E-state index contributed by atoms with van der Waals surface area (Å²) >= 11 is 0. The van der Waals surface area contributed by atoms with E-state index in [1.807, 2.05) is 24.3 Å². The second kappa shape index (κ2) is 10.4. The molecule has 6 nitrogen and oxygen atoms in total. The molecule has 2 atom stereocenters. The summed E-state index contributed by atoms with van der Waals surface area (Å²) in [5.41, 5.74) is 4.08. The lowest BCUT2D eigenvalue weighted by molar-refractivity contribution is -0.135. The maximum absolute atomic E-state index is 12.7. The molecule has 0 aliphatic heterocycles. The van der Waals surface area contributed by atoms with Crippen molar-refractivity contribution in [2.24, 2.45) is 0 Å². The number of benzene rings is 3. The summed E-state index contributed by atoms with van der Waals surface area (Å²) in [7, 11) is 1.63. The van der Waals surface area contributed by atoms with Gasteiger partial charge in [0.25, 0.3) is 0 Å². The highest BCUT2D eigenvalue weighted by atomic mass is 16.5. The van der Waals surface area contributed by atoms with Crippen molar-refractivity contribution < 1.29 is 28.9 Å². The number of carbonyl (C=O) groups is 2.